The number of esters is 1. The van der Waals surface area contributed by atoms with Crippen molar-refractivity contribution in [3.63, 3.8) is 0 Å². The second-order valence-corrected chi connectivity index (χ2v) is 8.16. The molecule has 0 radical (unpaired) electrons. The number of rotatable bonds is 6. The van der Waals surface area contributed by atoms with Crippen LogP contribution in [0.5, 0.6) is 5.75 Å². The summed E-state index contributed by atoms with van der Waals surface area (Å²) in [5.74, 6) is 0.518. The summed E-state index contributed by atoms with van der Waals surface area (Å²) in [6.07, 6.45) is 1.31. The third-order valence-electron chi connectivity index (χ3n) is 4.80. The van der Waals surface area contributed by atoms with E-state index in [2.05, 4.69) is 0 Å². The zero-order valence-electron chi connectivity index (χ0n) is 16.1. The van der Waals surface area contributed by atoms with Gasteiger partial charge in [0.05, 0.1) is 17.4 Å². The molecule has 150 valence electrons. The molecule has 2 heterocycles. The van der Waals surface area contributed by atoms with Gasteiger partial charge in [0, 0.05) is 23.7 Å². The normalized spacial score (nSPS) is 14.8. The van der Waals surface area contributed by atoms with E-state index < -0.39 is 0 Å². The first-order valence-corrected chi connectivity index (χ1v) is 10.7. The molecule has 0 atom stereocenters. The van der Waals surface area contributed by atoms with Crippen LogP contribution in [0.25, 0.3) is 0 Å². The van der Waals surface area contributed by atoms with Crippen LogP contribution >= 0.6 is 22.9 Å². The standard InChI is InChI=1S/C21H24ClNO4S/c1-3-26-21(25)16-6-8-23(9-7-16)20(24)19-11-15(13-28-19)12-27-17-4-5-18(22)14(2)10-17/h4-5,10-11,13,16H,3,6-9,12H2,1-2H3. The van der Waals surface area contributed by atoms with Crippen molar-refractivity contribution in [2.45, 2.75) is 33.3 Å². The number of piperidine rings is 1. The van der Waals surface area contributed by atoms with Crippen molar-refractivity contribution in [1.82, 2.24) is 4.90 Å². The van der Waals surface area contributed by atoms with E-state index >= 15 is 0 Å². The van der Waals surface area contributed by atoms with Crippen molar-refractivity contribution in [3.05, 3.63) is 50.7 Å². The van der Waals surface area contributed by atoms with Crippen LogP contribution in [-0.2, 0) is 16.1 Å². The monoisotopic (exact) mass is 421 g/mol. The number of benzene rings is 1. The Morgan fingerprint density at radius 2 is 2.00 bits per heavy atom. The summed E-state index contributed by atoms with van der Waals surface area (Å²) in [5, 5.41) is 2.66. The van der Waals surface area contributed by atoms with E-state index in [1.165, 1.54) is 11.3 Å². The highest BCUT2D eigenvalue weighted by Gasteiger charge is 2.29. The maximum atomic E-state index is 12.7. The summed E-state index contributed by atoms with van der Waals surface area (Å²) in [6.45, 7) is 5.69. The minimum atomic E-state index is -0.150. The molecule has 3 rings (SSSR count). The van der Waals surface area contributed by atoms with Gasteiger partial charge in [-0.05, 0) is 61.9 Å². The number of nitrogens with zero attached hydrogens (tertiary/aromatic N) is 1. The van der Waals surface area contributed by atoms with Crippen LogP contribution in [0.4, 0.5) is 0 Å². The Labute approximate surface area is 174 Å². The maximum Gasteiger partial charge on any atom is 0.309 e. The first kappa shape index (κ1) is 20.7. The van der Waals surface area contributed by atoms with Gasteiger partial charge in [-0.1, -0.05) is 11.6 Å². The molecule has 0 aliphatic carbocycles. The van der Waals surface area contributed by atoms with Gasteiger partial charge in [0.1, 0.15) is 12.4 Å². The predicted molar refractivity (Wildman–Crippen MR) is 110 cm³/mol. The molecule has 1 fully saturated rings. The Kier molecular flexibility index (Phi) is 6.97. The minimum absolute atomic E-state index is 0.0147. The Morgan fingerprint density at radius 3 is 2.68 bits per heavy atom. The molecule has 0 N–H and O–H groups in total. The number of carbonyl (C=O) groups excluding carboxylic acids is 2. The van der Waals surface area contributed by atoms with Crippen LogP contribution in [0.3, 0.4) is 0 Å². The fourth-order valence-electron chi connectivity index (χ4n) is 3.17. The third-order valence-corrected chi connectivity index (χ3v) is 6.19. The number of aryl methyl sites for hydroxylation is 1. The van der Waals surface area contributed by atoms with Gasteiger partial charge in [-0.2, -0.15) is 0 Å². The summed E-state index contributed by atoms with van der Waals surface area (Å²) in [5.41, 5.74) is 1.92. The van der Waals surface area contributed by atoms with Gasteiger partial charge < -0.3 is 14.4 Å². The molecule has 1 aromatic carbocycles. The lowest BCUT2D eigenvalue weighted by Crippen LogP contribution is -2.40. The first-order valence-electron chi connectivity index (χ1n) is 9.40. The van der Waals surface area contributed by atoms with Crippen molar-refractivity contribution in [3.8, 4) is 5.75 Å². The Balaban J connectivity index is 1.53. The Bertz CT molecular complexity index is 843. The Hall–Kier alpha value is -2.05. The minimum Gasteiger partial charge on any atom is -0.489 e. The molecule has 0 saturated carbocycles. The lowest BCUT2D eigenvalue weighted by molar-refractivity contribution is -0.149. The highest BCUT2D eigenvalue weighted by Crippen LogP contribution is 2.25. The first-order chi connectivity index (χ1) is 13.5. The molecule has 28 heavy (non-hydrogen) atoms. The smallest absolute Gasteiger partial charge is 0.309 e. The molecule has 0 bridgehead atoms. The quantitative estimate of drug-likeness (QED) is 0.634. The second-order valence-electron chi connectivity index (χ2n) is 6.84. The maximum absolute atomic E-state index is 12.7. The zero-order chi connectivity index (χ0) is 20.1. The van der Waals surface area contributed by atoms with Crippen LogP contribution in [0.2, 0.25) is 5.02 Å². The molecule has 7 heteroatoms. The predicted octanol–water partition coefficient (Wildman–Crippen LogP) is 4.70. The van der Waals surface area contributed by atoms with Gasteiger partial charge in [-0.25, -0.2) is 0 Å². The fourth-order valence-corrected chi connectivity index (χ4v) is 4.15. The number of hydrogen-bond acceptors (Lipinski definition) is 5. The van der Waals surface area contributed by atoms with Crippen molar-refractivity contribution in [2.75, 3.05) is 19.7 Å². The highest BCUT2D eigenvalue weighted by atomic mass is 35.5. The van der Waals surface area contributed by atoms with Gasteiger partial charge in [-0.3, -0.25) is 9.59 Å². The summed E-state index contributed by atoms with van der Waals surface area (Å²) in [6, 6.07) is 7.43. The number of hydrogen-bond donors (Lipinski definition) is 0. The van der Waals surface area contributed by atoms with Crippen LogP contribution in [-0.4, -0.2) is 36.5 Å². The SMILES string of the molecule is CCOC(=O)C1CCN(C(=O)c2cc(COc3ccc(Cl)c(C)c3)cs2)CC1. The molecule has 2 aromatic rings. The van der Waals surface area contributed by atoms with E-state index in [1.54, 1.807) is 0 Å². The fraction of sp³-hybridized carbons (Fsp3) is 0.429. The Morgan fingerprint density at radius 1 is 1.25 bits per heavy atom. The summed E-state index contributed by atoms with van der Waals surface area (Å²) < 4.78 is 10.9. The number of ether oxygens (including phenoxy) is 2. The van der Waals surface area contributed by atoms with Crippen molar-refractivity contribution < 1.29 is 19.1 Å². The van der Waals surface area contributed by atoms with Crippen molar-refractivity contribution in [1.29, 1.82) is 0 Å². The van der Waals surface area contributed by atoms with E-state index in [1.807, 2.05) is 48.4 Å². The van der Waals surface area contributed by atoms with Crippen LogP contribution < -0.4 is 4.74 Å². The molecule has 1 saturated heterocycles. The summed E-state index contributed by atoms with van der Waals surface area (Å²) in [4.78, 5) is 27.1. The average molecular weight is 422 g/mol. The third kappa shape index (κ3) is 5.06. The highest BCUT2D eigenvalue weighted by molar-refractivity contribution is 7.12. The number of thiophene rings is 1. The summed E-state index contributed by atoms with van der Waals surface area (Å²) in [7, 11) is 0. The van der Waals surface area contributed by atoms with E-state index in [0.717, 1.165) is 16.9 Å². The van der Waals surface area contributed by atoms with Gasteiger partial charge in [-0.15, -0.1) is 11.3 Å². The molecule has 0 unspecified atom stereocenters. The van der Waals surface area contributed by atoms with E-state index in [-0.39, 0.29) is 17.8 Å². The van der Waals surface area contributed by atoms with Crippen LogP contribution in [0, 0.1) is 12.8 Å². The molecular formula is C21H24ClNO4S. The van der Waals surface area contributed by atoms with E-state index in [4.69, 9.17) is 21.1 Å². The molecule has 1 aliphatic rings. The lowest BCUT2D eigenvalue weighted by atomic mass is 9.97. The number of likely N-dealkylation sites (tertiary alicyclic amines) is 1. The largest absolute Gasteiger partial charge is 0.489 e. The molecule has 1 aliphatic heterocycles. The van der Waals surface area contributed by atoms with Gasteiger partial charge in [0.15, 0.2) is 0 Å². The lowest BCUT2D eigenvalue weighted by Gasteiger charge is -2.30. The molecule has 5 nitrogen and oxygen atoms in total. The average Bonchev–Trinajstić information content (AvgIpc) is 3.18. The number of halogens is 1. The van der Waals surface area contributed by atoms with Gasteiger partial charge in [0.2, 0.25) is 0 Å². The van der Waals surface area contributed by atoms with Gasteiger partial charge >= 0.3 is 5.97 Å². The molecular weight excluding hydrogens is 398 g/mol. The second kappa shape index (κ2) is 9.43. The van der Waals surface area contributed by atoms with Gasteiger partial charge in [0.25, 0.3) is 5.91 Å². The molecule has 0 spiro atoms. The van der Waals surface area contributed by atoms with Crippen molar-refractivity contribution >= 4 is 34.8 Å². The number of carbonyl (C=O) groups is 2. The zero-order valence-corrected chi connectivity index (χ0v) is 17.6. The molecule has 1 amide bonds. The summed E-state index contributed by atoms with van der Waals surface area (Å²) >= 11 is 7.45. The number of amides is 1. The topological polar surface area (TPSA) is 55.8 Å². The van der Waals surface area contributed by atoms with E-state index in [9.17, 15) is 9.59 Å². The van der Waals surface area contributed by atoms with E-state index in [0.29, 0.717) is 49.0 Å². The van der Waals surface area contributed by atoms with Crippen LogP contribution in [0.15, 0.2) is 29.6 Å². The molecule has 1 aromatic heterocycles. The van der Waals surface area contributed by atoms with Crippen molar-refractivity contribution in [2.24, 2.45) is 5.92 Å². The van der Waals surface area contributed by atoms with Crippen LogP contribution in [0.1, 0.15) is 40.6 Å².